The zero-order valence-corrected chi connectivity index (χ0v) is 10.2. The summed E-state index contributed by atoms with van der Waals surface area (Å²) in [5, 5.41) is 26.2. The molecule has 17 heavy (non-hydrogen) atoms. The van der Waals surface area contributed by atoms with E-state index < -0.39 is 19.1 Å². The van der Waals surface area contributed by atoms with Crippen molar-refractivity contribution >= 4 is 13.1 Å². The topological polar surface area (TPSA) is 130 Å². The van der Waals surface area contributed by atoms with Gasteiger partial charge in [-0.2, -0.15) is 0 Å². The molecule has 6 nitrogen and oxygen atoms in total. The molecule has 0 fully saturated rings. The molecule has 0 radical (unpaired) electrons. The molecule has 0 bridgehead atoms. The molecule has 0 aromatic heterocycles. The molecule has 0 saturated carbocycles. The Morgan fingerprint density at radius 1 is 1.29 bits per heavy atom. The number of hydrogen-bond acceptors (Lipinski definition) is 5. The van der Waals surface area contributed by atoms with E-state index >= 15 is 0 Å². The molecule has 0 aliphatic rings. The van der Waals surface area contributed by atoms with Gasteiger partial charge in [-0.15, -0.1) is 0 Å². The lowest BCUT2D eigenvalue weighted by molar-refractivity contribution is -0.139. The van der Waals surface area contributed by atoms with Crippen molar-refractivity contribution in [3.8, 4) is 0 Å². The number of carboxylic acid groups (broad SMARTS) is 1. The van der Waals surface area contributed by atoms with Crippen molar-refractivity contribution in [1.29, 1.82) is 0 Å². The van der Waals surface area contributed by atoms with E-state index in [9.17, 15) is 4.79 Å². The fourth-order valence-electron chi connectivity index (χ4n) is 1.72. The van der Waals surface area contributed by atoms with Crippen molar-refractivity contribution in [3.05, 3.63) is 0 Å². The third-order valence-corrected chi connectivity index (χ3v) is 3.04. The first-order valence-corrected chi connectivity index (χ1v) is 5.93. The lowest BCUT2D eigenvalue weighted by atomic mass is 9.79. The summed E-state index contributed by atoms with van der Waals surface area (Å²) in [7, 11) is -1.27. The SMILES string of the molecule is CC(CCB(O)O)CCC(CN)C(N)C(=O)O. The van der Waals surface area contributed by atoms with Gasteiger partial charge in [-0.05, 0) is 31.1 Å². The number of rotatable bonds is 9. The highest BCUT2D eigenvalue weighted by Gasteiger charge is 2.23. The molecule has 7 heteroatoms. The van der Waals surface area contributed by atoms with E-state index in [4.69, 9.17) is 26.6 Å². The number of hydrogen-bond donors (Lipinski definition) is 5. The number of nitrogens with two attached hydrogens (primary N) is 2. The minimum atomic E-state index is -1.27. The van der Waals surface area contributed by atoms with Crippen LogP contribution in [0.15, 0.2) is 0 Å². The standard InChI is InChI=1S/C10H23BN2O4/c1-7(4-5-11(16)17)2-3-8(6-12)9(13)10(14)15/h7-9,16-17H,2-6,12-13H2,1H3,(H,14,15). The van der Waals surface area contributed by atoms with Gasteiger partial charge in [-0.25, -0.2) is 0 Å². The Morgan fingerprint density at radius 2 is 1.88 bits per heavy atom. The van der Waals surface area contributed by atoms with E-state index in [0.717, 1.165) is 6.42 Å². The molecule has 0 heterocycles. The molecule has 0 aromatic carbocycles. The third-order valence-electron chi connectivity index (χ3n) is 3.04. The molecule has 3 unspecified atom stereocenters. The minimum absolute atomic E-state index is 0.228. The van der Waals surface area contributed by atoms with Gasteiger partial charge in [-0.1, -0.05) is 19.8 Å². The molecule has 0 aliphatic heterocycles. The highest BCUT2D eigenvalue weighted by molar-refractivity contribution is 6.40. The second-order valence-corrected chi connectivity index (χ2v) is 4.60. The summed E-state index contributed by atoms with van der Waals surface area (Å²) in [6.45, 7) is 2.24. The van der Waals surface area contributed by atoms with Gasteiger partial charge in [0.05, 0.1) is 0 Å². The summed E-state index contributed by atoms with van der Waals surface area (Å²) in [6, 6.07) is -0.921. The Bertz CT molecular complexity index is 228. The second kappa shape index (κ2) is 8.46. The largest absolute Gasteiger partial charge is 0.480 e. The van der Waals surface area contributed by atoms with E-state index in [-0.39, 0.29) is 12.5 Å². The Labute approximate surface area is 102 Å². The van der Waals surface area contributed by atoms with Gasteiger partial charge in [0.1, 0.15) is 6.04 Å². The highest BCUT2D eigenvalue weighted by atomic mass is 16.4. The van der Waals surface area contributed by atoms with E-state index in [1.165, 1.54) is 0 Å². The van der Waals surface area contributed by atoms with Crippen LogP contribution in [-0.2, 0) is 4.79 Å². The Morgan fingerprint density at radius 3 is 2.29 bits per heavy atom. The molecule has 3 atom stereocenters. The van der Waals surface area contributed by atoms with E-state index in [0.29, 0.717) is 25.1 Å². The first-order valence-electron chi connectivity index (χ1n) is 5.93. The summed E-state index contributed by atoms with van der Waals surface area (Å²) < 4.78 is 0. The summed E-state index contributed by atoms with van der Waals surface area (Å²) in [6.07, 6.45) is 2.46. The van der Waals surface area contributed by atoms with Crippen LogP contribution in [0, 0.1) is 11.8 Å². The molecule has 100 valence electrons. The Balaban J connectivity index is 3.93. The molecule has 0 aromatic rings. The zero-order valence-electron chi connectivity index (χ0n) is 10.2. The van der Waals surface area contributed by atoms with Crippen LogP contribution in [0.5, 0.6) is 0 Å². The predicted octanol–water partition coefficient (Wildman–Crippen LogP) is -0.748. The van der Waals surface area contributed by atoms with Gasteiger partial charge in [0.2, 0.25) is 0 Å². The van der Waals surface area contributed by atoms with Crippen molar-refractivity contribution in [2.45, 2.75) is 38.5 Å². The maximum atomic E-state index is 10.7. The van der Waals surface area contributed by atoms with Gasteiger partial charge < -0.3 is 26.6 Å². The predicted molar refractivity (Wildman–Crippen MR) is 66.2 cm³/mol. The van der Waals surface area contributed by atoms with Crippen molar-refractivity contribution in [1.82, 2.24) is 0 Å². The van der Waals surface area contributed by atoms with Crippen molar-refractivity contribution in [2.24, 2.45) is 23.3 Å². The maximum Gasteiger partial charge on any atom is 0.451 e. The molecular formula is C10H23BN2O4. The number of aliphatic carboxylic acids is 1. The molecule has 0 amide bonds. The second-order valence-electron chi connectivity index (χ2n) is 4.60. The lowest BCUT2D eigenvalue weighted by Gasteiger charge is -2.20. The maximum absolute atomic E-state index is 10.7. The summed E-state index contributed by atoms with van der Waals surface area (Å²) >= 11 is 0. The van der Waals surface area contributed by atoms with Crippen LogP contribution in [0.3, 0.4) is 0 Å². The van der Waals surface area contributed by atoms with Gasteiger partial charge in [0.25, 0.3) is 0 Å². The Hall–Kier alpha value is -0.625. The fourth-order valence-corrected chi connectivity index (χ4v) is 1.72. The van der Waals surface area contributed by atoms with E-state index in [1.54, 1.807) is 0 Å². The molecule has 0 rings (SSSR count). The van der Waals surface area contributed by atoms with Gasteiger partial charge >= 0.3 is 13.1 Å². The highest BCUT2D eigenvalue weighted by Crippen LogP contribution is 2.18. The molecule has 0 aliphatic carbocycles. The lowest BCUT2D eigenvalue weighted by Crippen LogP contribution is -2.41. The molecule has 0 spiro atoms. The molecular weight excluding hydrogens is 223 g/mol. The molecule has 0 saturated heterocycles. The van der Waals surface area contributed by atoms with Crippen molar-refractivity contribution in [2.75, 3.05) is 6.54 Å². The van der Waals surface area contributed by atoms with E-state index in [2.05, 4.69) is 0 Å². The smallest absolute Gasteiger partial charge is 0.451 e. The van der Waals surface area contributed by atoms with Crippen molar-refractivity contribution in [3.63, 3.8) is 0 Å². The normalized spacial score (nSPS) is 16.3. The van der Waals surface area contributed by atoms with Gasteiger partial charge in [-0.3, -0.25) is 4.79 Å². The van der Waals surface area contributed by atoms with Gasteiger partial charge in [0.15, 0.2) is 0 Å². The first kappa shape index (κ1) is 16.4. The van der Waals surface area contributed by atoms with Crippen LogP contribution in [0.1, 0.15) is 26.2 Å². The summed E-state index contributed by atoms with van der Waals surface area (Å²) in [5.74, 6) is -0.959. The van der Waals surface area contributed by atoms with Crippen LogP contribution in [0.2, 0.25) is 6.32 Å². The zero-order chi connectivity index (χ0) is 13.4. The summed E-state index contributed by atoms with van der Waals surface area (Å²) in [5.41, 5.74) is 11.0. The first-order chi connectivity index (χ1) is 7.88. The fraction of sp³-hybridized carbons (Fsp3) is 0.900. The average molecular weight is 246 g/mol. The average Bonchev–Trinajstić information content (AvgIpc) is 2.26. The molecule has 7 N–H and O–H groups in total. The van der Waals surface area contributed by atoms with E-state index in [1.807, 2.05) is 6.92 Å². The van der Waals surface area contributed by atoms with Crippen LogP contribution < -0.4 is 11.5 Å². The number of carbonyl (C=O) groups is 1. The monoisotopic (exact) mass is 246 g/mol. The van der Waals surface area contributed by atoms with Crippen LogP contribution in [0.25, 0.3) is 0 Å². The van der Waals surface area contributed by atoms with Crippen LogP contribution >= 0.6 is 0 Å². The van der Waals surface area contributed by atoms with Gasteiger partial charge in [0, 0.05) is 0 Å². The summed E-state index contributed by atoms with van der Waals surface area (Å²) in [4.78, 5) is 10.7. The van der Waals surface area contributed by atoms with Crippen LogP contribution in [-0.4, -0.2) is 40.8 Å². The van der Waals surface area contributed by atoms with Crippen molar-refractivity contribution < 1.29 is 19.9 Å². The number of carboxylic acids is 1. The third kappa shape index (κ3) is 7.33. The Kier molecular flexibility index (Phi) is 8.15. The minimum Gasteiger partial charge on any atom is -0.480 e. The quantitative estimate of drug-likeness (QED) is 0.340. The van der Waals surface area contributed by atoms with Crippen LogP contribution in [0.4, 0.5) is 0 Å².